The van der Waals surface area contributed by atoms with Crippen LogP contribution in [-0.4, -0.2) is 37.4 Å². The molecule has 6 nitrogen and oxygen atoms in total. The van der Waals surface area contributed by atoms with Gasteiger partial charge in [-0.05, 0) is 47.5 Å². The van der Waals surface area contributed by atoms with Crippen LogP contribution in [0.25, 0.3) is 0 Å². The van der Waals surface area contributed by atoms with Gasteiger partial charge in [-0.25, -0.2) is 13.1 Å². The largest absolute Gasteiger partial charge is 0.398 e. The molecule has 0 aliphatic carbocycles. The van der Waals surface area contributed by atoms with E-state index in [1.807, 2.05) is 0 Å². The number of halogens is 1. The number of anilines is 1. The third-order valence-corrected chi connectivity index (χ3v) is 5.13. The average Bonchev–Trinajstić information content (AvgIpc) is 2.33. The van der Waals surface area contributed by atoms with E-state index >= 15 is 0 Å². The van der Waals surface area contributed by atoms with E-state index in [4.69, 9.17) is 15.9 Å². The molecule has 0 spiro atoms. The van der Waals surface area contributed by atoms with Crippen molar-refractivity contribution in [3.05, 3.63) is 22.2 Å². The number of benzene rings is 1. The molecule has 0 heterocycles. The second kappa shape index (κ2) is 5.76. The third-order valence-electron chi connectivity index (χ3n) is 2.66. The number of nitrogens with two attached hydrogens (primary N) is 1. The van der Waals surface area contributed by atoms with Crippen molar-refractivity contribution < 1.29 is 18.6 Å². The first kappa shape index (κ1) is 16.4. The van der Waals surface area contributed by atoms with Crippen LogP contribution >= 0.6 is 15.9 Å². The summed E-state index contributed by atoms with van der Waals surface area (Å²) in [6.07, 6.45) is 0. The Morgan fingerprint density at radius 3 is 2.37 bits per heavy atom. The Kier molecular flexibility index (Phi) is 4.97. The summed E-state index contributed by atoms with van der Waals surface area (Å²) in [4.78, 5) is 0.0151. The first-order valence-electron chi connectivity index (χ1n) is 5.46. The van der Waals surface area contributed by atoms with E-state index < -0.39 is 28.8 Å². The number of aliphatic hydroxyl groups is 2. The van der Waals surface area contributed by atoms with E-state index in [1.165, 1.54) is 13.0 Å². The van der Waals surface area contributed by atoms with Crippen molar-refractivity contribution in [1.29, 1.82) is 0 Å². The van der Waals surface area contributed by atoms with Crippen LogP contribution in [0.5, 0.6) is 0 Å². The molecular weight excluding hydrogens is 336 g/mol. The molecule has 0 amide bonds. The zero-order valence-electron chi connectivity index (χ0n) is 10.6. The smallest absolute Gasteiger partial charge is 0.241 e. The molecular formula is C11H17BrN2O4S. The molecule has 1 aromatic rings. The summed E-state index contributed by atoms with van der Waals surface area (Å²) in [5.41, 5.74) is 5.15. The van der Waals surface area contributed by atoms with Crippen LogP contribution in [0.1, 0.15) is 12.5 Å². The van der Waals surface area contributed by atoms with Crippen LogP contribution in [0.2, 0.25) is 0 Å². The van der Waals surface area contributed by atoms with Crippen molar-refractivity contribution in [3.63, 3.8) is 0 Å². The van der Waals surface area contributed by atoms with Crippen molar-refractivity contribution in [2.75, 3.05) is 18.9 Å². The minimum atomic E-state index is -3.88. The van der Waals surface area contributed by atoms with Gasteiger partial charge in [-0.1, -0.05) is 0 Å². The number of hydrogen-bond acceptors (Lipinski definition) is 5. The van der Waals surface area contributed by atoms with E-state index in [1.54, 1.807) is 13.0 Å². The number of nitrogens with one attached hydrogen (secondary N) is 1. The summed E-state index contributed by atoms with van der Waals surface area (Å²) in [7, 11) is -3.88. The predicted octanol–water partition coefficient (Wildman–Crippen LogP) is 0.361. The Bertz CT molecular complexity index is 570. The van der Waals surface area contributed by atoms with Gasteiger partial charge in [0.15, 0.2) is 0 Å². The van der Waals surface area contributed by atoms with Crippen molar-refractivity contribution in [1.82, 2.24) is 4.72 Å². The summed E-state index contributed by atoms with van der Waals surface area (Å²) in [6.45, 7) is 2.00. The Balaban J connectivity index is 3.25. The van der Waals surface area contributed by atoms with Gasteiger partial charge < -0.3 is 15.9 Å². The second-order valence-electron chi connectivity index (χ2n) is 4.62. The van der Waals surface area contributed by atoms with E-state index in [0.717, 1.165) is 0 Å². The highest BCUT2D eigenvalue weighted by atomic mass is 79.9. The number of aliphatic hydroxyl groups excluding tert-OH is 2. The van der Waals surface area contributed by atoms with Gasteiger partial charge in [-0.3, -0.25) is 0 Å². The van der Waals surface area contributed by atoms with E-state index in [-0.39, 0.29) is 4.90 Å². The van der Waals surface area contributed by atoms with Crippen molar-refractivity contribution >= 4 is 31.6 Å². The van der Waals surface area contributed by atoms with Crippen molar-refractivity contribution in [3.8, 4) is 0 Å². The number of nitrogen functional groups attached to an aromatic ring is 1. The molecule has 0 aliphatic heterocycles. The van der Waals surface area contributed by atoms with Crippen LogP contribution < -0.4 is 10.5 Å². The normalized spacial score (nSPS) is 12.7. The first-order valence-corrected chi connectivity index (χ1v) is 7.74. The maximum Gasteiger partial charge on any atom is 0.241 e. The fourth-order valence-electron chi connectivity index (χ4n) is 1.45. The van der Waals surface area contributed by atoms with Crippen molar-refractivity contribution in [2.24, 2.45) is 0 Å². The molecule has 0 aliphatic rings. The number of rotatable bonds is 5. The predicted molar refractivity (Wildman–Crippen MR) is 76.2 cm³/mol. The fraction of sp³-hybridized carbons (Fsp3) is 0.455. The van der Waals surface area contributed by atoms with Gasteiger partial charge in [0.05, 0.1) is 23.6 Å². The quantitative estimate of drug-likeness (QED) is 0.571. The van der Waals surface area contributed by atoms with E-state index in [2.05, 4.69) is 20.7 Å². The number of aryl methyl sites for hydroxylation is 1. The average molecular weight is 353 g/mol. The van der Waals surface area contributed by atoms with Crippen LogP contribution in [0.4, 0.5) is 5.69 Å². The lowest BCUT2D eigenvalue weighted by Crippen LogP contribution is -2.51. The fourth-order valence-corrected chi connectivity index (χ4v) is 3.56. The van der Waals surface area contributed by atoms with Gasteiger partial charge >= 0.3 is 0 Å². The van der Waals surface area contributed by atoms with Gasteiger partial charge in [0.25, 0.3) is 0 Å². The third kappa shape index (κ3) is 3.67. The number of hydrogen-bond donors (Lipinski definition) is 4. The molecule has 0 saturated heterocycles. The highest BCUT2D eigenvalue weighted by molar-refractivity contribution is 9.10. The molecule has 0 bridgehead atoms. The standard InChI is InChI=1S/C11H17BrN2O4S/c1-7-3-8(12)9(13)4-10(7)19(17,18)14-11(2,5-15)6-16/h3-4,14-16H,5-6,13H2,1-2H3. The lowest BCUT2D eigenvalue weighted by Gasteiger charge is -2.26. The first-order chi connectivity index (χ1) is 8.65. The van der Waals surface area contributed by atoms with Crippen LogP contribution in [0, 0.1) is 6.92 Å². The van der Waals surface area contributed by atoms with Gasteiger partial charge in [-0.2, -0.15) is 0 Å². The molecule has 0 radical (unpaired) electrons. The summed E-state index contributed by atoms with van der Waals surface area (Å²) in [5.74, 6) is 0. The Morgan fingerprint density at radius 2 is 1.89 bits per heavy atom. The lowest BCUT2D eigenvalue weighted by molar-refractivity contribution is 0.121. The highest BCUT2D eigenvalue weighted by Crippen LogP contribution is 2.27. The summed E-state index contributed by atoms with van der Waals surface area (Å²) >= 11 is 3.22. The van der Waals surface area contributed by atoms with Crippen LogP contribution in [0.15, 0.2) is 21.5 Å². The summed E-state index contributed by atoms with van der Waals surface area (Å²) < 4.78 is 27.4. The molecule has 1 aromatic carbocycles. The van der Waals surface area contributed by atoms with Gasteiger partial charge in [0.1, 0.15) is 0 Å². The lowest BCUT2D eigenvalue weighted by atomic mass is 10.1. The van der Waals surface area contributed by atoms with Gasteiger partial charge in [-0.15, -0.1) is 0 Å². The molecule has 5 N–H and O–H groups in total. The minimum absolute atomic E-state index is 0.0151. The summed E-state index contributed by atoms with van der Waals surface area (Å²) in [6, 6.07) is 2.93. The topological polar surface area (TPSA) is 113 Å². The molecule has 0 fully saturated rings. The van der Waals surface area contributed by atoms with Crippen molar-refractivity contribution in [2.45, 2.75) is 24.3 Å². The minimum Gasteiger partial charge on any atom is -0.398 e. The van der Waals surface area contributed by atoms with Crippen LogP contribution in [-0.2, 0) is 10.0 Å². The SMILES string of the molecule is Cc1cc(Br)c(N)cc1S(=O)(=O)NC(C)(CO)CO. The zero-order chi connectivity index (χ0) is 14.8. The molecule has 0 atom stereocenters. The second-order valence-corrected chi connectivity index (χ2v) is 7.13. The molecule has 8 heteroatoms. The molecule has 0 saturated carbocycles. The molecule has 19 heavy (non-hydrogen) atoms. The van der Waals surface area contributed by atoms with E-state index in [9.17, 15) is 8.42 Å². The Hall–Kier alpha value is -0.670. The molecule has 0 aromatic heterocycles. The monoisotopic (exact) mass is 352 g/mol. The Morgan fingerprint density at radius 1 is 1.37 bits per heavy atom. The number of sulfonamides is 1. The molecule has 1 rings (SSSR count). The maximum absolute atomic E-state index is 12.2. The zero-order valence-corrected chi connectivity index (χ0v) is 13.0. The highest BCUT2D eigenvalue weighted by Gasteiger charge is 2.30. The Labute approximate surface area is 120 Å². The van der Waals surface area contributed by atoms with E-state index in [0.29, 0.717) is 15.7 Å². The molecule has 0 unspecified atom stereocenters. The maximum atomic E-state index is 12.2. The van der Waals surface area contributed by atoms with Gasteiger partial charge in [0, 0.05) is 10.2 Å². The molecule has 108 valence electrons. The van der Waals surface area contributed by atoms with Crippen LogP contribution in [0.3, 0.4) is 0 Å². The summed E-state index contributed by atoms with van der Waals surface area (Å²) in [5, 5.41) is 18.3. The van der Waals surface area contributed by atoms with Gasteiger partial charge in [0.2, 0.25) is 10.0 Å².